The van der Waals surface area contributed by atoms with E-state index in [1.807, 2.05) is 0 Å². The van der Waals surface area contributed by atoms with Gasteiger partial charge in [-0.2, -0.15) is 0 Å². The van der Waals surface area contributed by atoms with E-state index in [1.54, 1.807) is 0 Å². The summed E-state index contributed by atoms with van der Waals surface area (Å²) in [6.45, 7) is 9.70. The molecule has 2 aliphatic heterocycles. The van der Waals surface area contributed by atoms with Gasteiger partial charge in [-0.15, -0.1) is 0 Å². The second-order valence-corrected chi connectivity index (χ2v) is 32.9. The van der Waals surface area contributed by atoms with Gasteiger partial charge in [-0.05, 0) is 48.5 Å². The minimum atomic E-state index is -4.75. The molecule has 3 aromatic heterocycles. The smallest absolute Gasteiger partial charge is 0.241 e. The third-order valence-corrected chi connectivity index (χ3v) is 26.3. The van der Waals surface area contributed by atoms with Gasteiger partial charge in [-0.3, -0.25) is 0 Å². The lowest BCUT2D eigenvalue weighted by atomic mass is 10.1. The minimum Gasteiger partial charge on any atom is -0.324 e. The van der Waals surface area contributed by atoms with Crippen LogP contribution in [0.2, 0.25) is 0 Å². The number of hydrogen-bond donors (Lipinski definition) is 10. The summed E-state index contributed by atoms with van der Waals surface area (Å²) in [5.74, 6) is -1.89. The number of nitrogens with one attached hydrogen (secondary N) is 10. The molecule has 0 aliphatic carbocycles. The van der Waals surface area contributed by atoms with E-state index in [2.05, 4.69) is 57.7 Å². The number of H-pyrrole nitrogens is 2. The monoisotopic (exact) mass is 1370 g/mol. The Morgan fingerprint density at radius 1 is 0.250 bits per heavy atom. The third-order valence-electron chi connectivity index (χ3n) is 13.1. The molecule has 5 heterocycles. The highest BCUT2D eigenvalue weighted by Gasteiger charge is 2.36. The van der Waals surface area contributed by atoms with Gasteiger partial charge in [0.2, 0.25) is 80.2 Å². The highest BCUT2D eigenvalue weighted by atomic mass is 32.2. The Kier molecular flexibility index (Phi) is 18.0. The summed E-state index contributed by atoms with van der Waals surface area (Å²) in [5, 5.41) is -0.874. The first-order valence-corrected chi connectivity index (χ1v) is 38.6. The number of sulfonamides is 8. The molecule has 0 spiro atoms. The second kappa shape index (κ2) is 24.0. The lowest BCUT2D eigenvalue weighted by Crippen LogP contribution is -2.29. The first kappa shape index (κ1) is 66.0. The van der Waals surface area contributed by atoms with Gasteiger partial charge in [0, 0.05) is 96.2 Å². The maximum Gasteiger partial charge on any atom is 0.241 e. The maximum atomic E-state index is 14.1. The van der Waals surface area contributed by atoms with Crippen LogP contribution in [-0.2, 0) is 80.2 Å². The van der Waals surface area contributed by atoms with Crippen molar-refractivity contribution in [1.29, 1.82) is 0 Å². The van der Waals surface area contributed by atoms with E-state index < -0.39 is 143 Å². The number of aromatic amines is 2. The topological polar surface area (TPSA) is 478 Å². The molecule has 0 amide bonds. The number of nitrogens with zero attached hydrogens (tertiary/aromatic N) is 6. The standard InChI is InChI=1S/C48H58N16O16S8/c1-9-49-81(65,66)33-17-25-26(18-34(33)82(67,68)50-10-2)42-57-41(25)61-43-27-19-35(83(69,70)51-11-3)36(84(71,72)52-12-4)20-28(27)45(58-43)63-47-31-23-39(87(77,78)55-15-7)40(88(79,80)56-16-8)24-32(31)48(60-47)64-46-30-22-38(86(75,76)54-14-6)37(85(73,74)53-13-5)21-29(30)44(59-46)62-42/h17-24,49-56H,9-16H2,1-8H3,(H2,57,58,59,60,61,62,63,64). The summed E-state index contributed by atoms with van der Waals surface area (Å²) in [6.07, 6.45) is 0. The van der Waals surface area contributed by atoms with Gasteiger partial charge in [-0.25, -0.2) is 135 Å². The van der Waals surface area contributed by atoms with Gasteiger partial charge in [0.1, 0.15) is 61.8 Å². The molecule has 9 rings (SSSR count). The van der Waals surface area contributed by atoms with Gasteiger partial charge in [0.15, 0.2) is 23.3 Å². The molecule has 8 bridgehead atoms. The molecule has 7 aromatic rings. The molecule has 0 saturated heterocycles. The molecule has 474 valence electrons. The summed E-state index contributed by atoms with van der Waals surface area (Å²) in [5.41, 5.74) is -2.53. The Balaban J connectivity index is 1.61. The van der Waals surface area contributed by atoms with Crippen molar-refractivity contribution < 1.29 is 67.3 Å². The first-order valence-electron chi connectivity index (χ1n) is 26.7. The molecule has 0 unspecified atom stereocenters. The number of aromatic nitrogens is 8. The Morgan fingerprint density at radius 3 is 0.545 bits per heavy atom. The van der Waals surface area contributed by atoms with Crippen LogP contribution in [0.1, 0.15) is 55.4 Å². The maximum absolute atomic E-state index is 14.1. The van der Waals surface area contributed by atoms with Crippen molar-refractivity contribution in [3.63, 3.8) is 0 Å². The van der Waals surface area contributed by atoms with Crippen LogP contribution in [0, 0.1) is 0 Å². The Hall–Kier alpha value is -6.48. The van der Waals surface area contributed by atoms with Gasteiger partial charge in [0.25, 0.3) is 0 Å². The predicted octanol–water partition coefficient (Wildman–Crippen LogP) is 1.25. The zero-order valence-electron chi connectivity index (χ0n) is 47.8. The van der Waals surface area contributed by atoms with Crippen LogP contribution in [0.25, 0.3) is 89.7 Å². The zero-order chi connectivity index (χ0) is 64.5. The van der Waals surface area contributed by atoms with Crippen LogP contribution >= 0.6 is 0 Å². The van der Waals surface area contributed by atoms with Crippen LogP contribution in [0.4, 0.5) is 0 Å². The van der Waals surface area contributed by atoms with Gasteiger partial charge < -0.3 is 9.97 Å². The van der Waals surface area contributed by atoms with Crippen LogP contribution in [0.5, 0.6) is 0 Å². The number of hydrogen-bond acceptors (Lipinski definition) is 22. The number of benzene rings is 4. The van der Waals surface area contributed by atoms with Crippen molar-refractivity contribution in [3.8, 4) is 45.6 Å². The molecule has 32 nitrogen and oxygen atoms in total. The fourth-order valence-electron chi connectivity index (χ4n) is 9.64. The van der Waals surface area contributed by atoms with E-state index >= 15 is 0 Å². The molecule has 4 aromatic carbocycles. The van der Waals surface area contributed by atoms with Crippen molar-refractivity contribution in [2.45, 2.75) is 94.6 Å². The highest BCUT2D eigenvalue weighted by molar-refractivity contribution is 7.94. The van der Waals surface area contributed by atoms with E-state index in [1.165, 1.54) is 55.4 Å². The normalized spacial score (nSPS) is 13.5. The van der Waals surface area contributed by atoms with Crippen LogP contribution < -0.4 is 37.8 Å². The average molecular weight is 1370 g/mol. The molecular weight excluding hydrogens is 1310 g/mol. The fourth-order valence-corrected chi connectivity index (χ4v) is 21.3. The van der Waals surface area contributed by atoms with Gasteiger partial charge >= 0.3 is 0 Å². The molecule has 88 heavy (non-hydrogen) atoms. The molecule has 0 atom stereocenters. The van der Waals surface area contributed by atoms with Crippen molar-refractivity contribution in [3.05, 3.63) is 48.5 Å². The Morgan fingerprint density at radius 2 is 0.398 bits per heavy atom. The third kappa shape index (κ3) is 12.1. The van der Waals surface area contributed by atoms with Crippen LogP contribution in [0.3, 0.4) is 0 Å². The summed E-state index contributed by atoms with van der Waals surface area (Å²) in [6, 6.07) is 7.54. The fraction of sp³-hybridized carbons (Fsp3) is 0.333. The molecular formula is C48H58N16O16S8. The Bertz CT molecular complexity index is 4600. The number of rotatable bonds is 24. The average Bonchev–Trinajstić information content (AvgIpc) is 1.60. The van der Waals surface area contributed by atoms with Crippen molar-refractivity contribution in [2.24, 2.45) is 0 Å². The van der Waals surface area contributed by atoms with E-state index in [0.29, 0.717) is 0 Å². The minimum absolute atomic E-state index is 0.219. The summed E-state index contributed by atoms with van der Waals surface area (Å²) < 4.78 is 244. The quantitative estimate of drug-likeness (QED) is 0.0407. The van der Waals surface area contributed by atoms with Crippen molar-refractivity contribution in [2.75, 3.05) is 52.4 Å². The van der Waals surface area contributed by atoms with Gasteiger partial charge in [-0.1, -0.05) is 55.4 Å². The van der Waals surface area contributed by atoms with E-state index in [9.17, 15) is 67.3 Å². The number of fused-ring (bicyclic) bond motifs is 20. The Labute approximate surface area is 506 Å². The molecule has 40 heteroatoms. The summed E-state index contributed by atoms with van der Waals surface area (Å²) in [7, 11) is -37.9. The lowest BCUT2D eigenvalue weighted by molar-refractivity contribution is 0.570. The largest absolute Gasteiger partial charge is 0.324 e. The van der Waals surface area contributed by atoms with Gasteiger partial charge in [0.05, 0.1) is 0 Å². The molecule has 0 fully saturated rings. The highest BCUT2D eigenvalue weighted by Crippen LogP contribution is 2.43. The molecule has 10 N–H and O–H groups in total. The second-order valence-electron chi connectivity index (χ2n) is 19.0. The van der Waals surface area contributed by atoms with Crippen molar-refractivity contribution >= 4 is 124 Å². The predicted molar refractivity (Wildman–Crippen MR) is 323 cm³/mol. The van der Waals surface area contributed by atoms with E-state index in [0.717, 1.165) is 48.5 Å². The van der Waals surface area contributed by atoms with Crippen LogP contribution in [0.15, 0.2) is 87.7 Å². The zero-order valence-corrected chi connectivity index (χ0v) is 54.3. The summed E-state index contributed by atoms with van der Waals surface area (Å²) in [4.78, 5) is 27.9. The van der Waals surface area contributed by atoms with E-state index in [4.69, 9.17) is 19.9 Å². The first-order chi connectivity index (χ1) is 41.2. The van der Waals surface area contributed by atoms with E-state index in [-0.39, 0.29) is 119 Å². The van der Waals surface area contributed by atoms with Crippen molar-refractivity contribution in [1.82, 2.24) is 77.6 Å². The molecule has 0 saturated carbocycles. The SMILES string of the molecule is CCNS(=O)(=O)c1cc2c(cc1S(=O)(=O)NCC)-c1nc-2nc2[nH]c(nc3nc(nc4[nH]c(n1)c1cc(S(=O)(=O)NCC)c(S(=O)(=O)NCC)cc41)-c1cc(S(=O)(=O)NCC)c(S(=O)(=O)NCC)cc1-3)c1cc(S(=O)(=O)NCC)c(S(=O)(=O)NCC)cc21. The molecule has 0 radical (unpaired) electrons. The molecule has 2 aliphatic rings. The lowest BCUT2D eigenvalue weighted by Gasteiger charge is -2.14. The summed E-state index contributed by atoms with van der Waals surface area (Å²) >= 11 is 0. The van der Waals surface area contributed by atoms with Crippen LogP contribution in [-0.4, -0.2) is 160 Å².